The molecule has 1 amide bonds. The number of benzene rings is 2. The van der Waals surface area contributed by atoms with Crippen LogP contribution in [0.1, 0.15) is 48.8 Å². The molecule has 3 saturated heterocycles. The Labute approximate surface area is 255 Å². The maximum absolute atomic E-state index is 14.0. The van der Waals surface area contributed by atoms with Crippen LogP contribution in [0.25, 0.3) is 6.08 Å². The van der Waals surface area contributed by atoms with Gasteiger partial charge in [-0.25, -0.2) is 0 Å². The van der Waals surface area contributed by atoms with Gasteiger partial charge in [-0.05, 0) is 54.9 Å². The topological polar surface area (TPSA) is 127 Å². The van der Waals surface area contributed by atoms with Gasteiger partial charge >= 0.3 is 5.97 Å². The number of hydroxylamine groups is 2. The number of allylic oxidation sites excluding steroid dienone is 1. The van der Waals surface area contributed by atoms with Crippen LogP contribution in [0.4, 0.5) is 0 Å². The summed E-state index contributed by atoms with van der Waals surface area (Å²) in [7, 11) is 0. The maximum atomic E-state index is 14.0. The summed E-state index contributed by atoms with van der Waals surface area (Å²) in [6.07, 6.45) is 6.52. The van der Waals surface area contributed by atoms with Crippen molar-refractivity contribution >= 4 is 18.0 Å². The molecule has 2 aromatic carbocycles. The van der Waals surface area contributed by atoms with Gasteiger partial charge in [0.05, 0.1) is 13.2 Å². The van der Waals surface area contributed by atoms with Crippen LogP contribution in [0.3, 0.4) is 0 Å². The number of esters is 1. The standard InChI is InChI=1S/C34H38N2O8/c37-17-16-35-32(40)33-18-26-27-28(43-34(42-27,23-12-13-23)24-14-15-24)30(33)44-36(29(33)31(39)41-26)19-22-8-2-1-6-20(22)9-5-10-21-7-3-4-11-25(21)38/h1-9,11,23-24,26-30,37-38H,10,12-19H2,(H,35,40)/t26-,27+,28+,29+,30-,33+/m1/s1. The van der Waals surface area contributed by atoms with Gasteiger partial charge in [-0.2, -0.15) is 5.06 Å². The molecule has 6 atom stereocenters. The molecule has 3 aliphatic carbocycles. The summed E-state index contributed by atoms with van der Waals surface area (Å²) in [5.74, 6) is -0.688. The predicted molar refractivity (Wildman–Crippen MR) is 156 cm³/mol. The summed E-state index contributed by atoms with van der Waals surface area (Å²) in [6.45, 7) is 0.0970. The second-order valence-electron chi connectivity index (χ2n) is 13.1. The molecule has 3 heterocycles. The van der Waals surface area contributed by atoms with Crippen LogP contribution >= 0.6 is 0 Å². The average Bonchev–Trinajstić information content (AvgIpc) is 3.97. The van der Waals surface area contributed by atoms with Crippen LogP contribution in [0.5, 0.6) is 5.75 Å². The van der Waals surface area contributed by atoms with E-state index < -0.39 is 47.6 Å². The molecule has 3 aliphatic heterocycles. The number of hydrogen-bond acceptors (Lipinski definition) is 9. The van der Waals surface area contributed by atoms with E-state index in [0.29, 0.717) is 18.3 Å². The van der Waals surface area contributed by atoms with Crippen molar-refractivity contribution in [2.24, 2.45) is 17.3 Å². The Morgan fingerprint density at radius 2 is 1.70 bits per heavy atom. The molecule has 3 N–H and O–H groups in total. The molecule has 0 unspecified atom stereocenters. The van der Waals surface area contributed by atoms with Crippen LogP contribution < -0.4 is 5.32 Å². The van der Waals surface area contributed by atoms with Crippen LogP contribution in [-0.4, -0.2) is 76.5 Å². The highest BCUT2D eigenvalue weighted by molar-refractivity contribution is 5.93. The number of carbonyl (C=O) groups is 2. The molecule has 0 aromatic heterocycles. The number of amides is 1. The molecule has 44 heavy (non-hydrogen) atoms. The SMILES string of the molecule is O=C1O[C@@H]2C[C@@]3(C(=O)NCCO)[C@H](ON(Cc4ccccc4C=CCc4ccccc4O)[C@@H]13)[C@H]1OC(C3CC3)(C3CC3)O[C@H]12. The Hall–Kier alpha value is -3.28. The number of nitrogens with zero attached hydrogens (tertiary/aromatic N) is 1. The third kappa shape index (κ3) is 4.41. The summed E-state index contributed by atoms with van der Waals surface area (Å²) in [5.41, 5.74) is 1.41. The molecule has 232 valence electrons. The fourth-order valence-corrected chi connectivity index (χ4v) is 8.01. The third-order valence-corrected chi connectivity index (χ3v) is 10.3. The van der Waals surface area contributed by atoms with E-state index in [2.05, 4.69) is 5.32 Å². The van der Waals surface area contributed by atoms with Crippen LogP contribution in [0.2, 0.25) is 0 Å². The van der Waals surface area contributed by atoms with Crippen LogP contribution in [-0.2, 0) is 41.6 Å². The van der Waals surface area contributed by atoms with Gasteiger partial charge in [0.15, 0.2) is 11.8 Å². The first-order chi connectivity index (χ1) is 21.4. The zero-order valence-corrected chi connectivity index (χ0v) is 24.5. The molecule has 3 saturated carbocycles. The Kier molecular flexibility index (Phi) is 6.84. The van der Waals surface area contributed by atoms with Crippen molar-refractivity contribution in [1.29, 1.82) is 0 Å². The minimum atomic E-state index is -1.25. The number of carbonyl (C=O) groups excluding carboxylic acids is 2. The van der Waals surface area contributed by atoms with E-state index in [1.165, 1.54) is 0 Å². The number of ether oxygens (including phenoxy) is 3. The zero-order valence-electron chi connectivity index (χ0n) is 24.5. The van der Waals surface area contributed by atoms with Crippen LogP contribution in [0, 0.1) is 17.3 Å². The van der Waals surface area contributed by atoms with E-state index in [9.17, 15) is 19.8 Å². The first-order valence-corrected chi connectivity index (χ1v) is 15.8. The largest absolute Gasteiger partial charge is 0.508 e. The van der Waals surface area contributed by atoms with Crippen molar-refractivity contribution in [3.05, 3.63) is 71.3 Å². The second kappa shape index (κ2) is 10.7. The molecule has 10 nitrogen and oxygen atoms in total. The lowest BCUT2D eigenvalue weighted by Crippen LogP contribution is -2.69. The van der Waals surface area contributed by atoms with Gasteiger partial charge < -0.3 is 29.7 Å². The van der Waals surface area contributed by atoms with E-state index >= 15 is 0 Å². The fraction of sp³-hybridized carbons (Fsp3) is 0.529. The van der Waals surface area contributed by atoms with E-state index in [1.54, 1.807) is 17.2 Å². The molecule has 6 aliphatic rings. The molecule has 2 bridgehead atoms. The molecule has 6 fully saturated rings. The lowest BCUT2D eigenvalue weighted by Gasteiger charge is -2.48. The predicted octanol–water partition coefficient (Wildman–Crippen LogP) is 2.86. The van der Waals surface area contributed by atoms with Gasteiger partial charge in [0.25, 0.3) is 0 Å². The maximum Gasteiger partial charge on any atom is 0.327 e. The Bertz CT molecular complexity index is 1480. The minimum absolute atomic E-state index is 0.0733. The van der Waals surface area contributed by atoms with E-state index in [-0.39, 0.29) is 37.8 Å². The van der Waals surface area contributed by atoms with Crippen molar-refractivity contribution in [1.82, 2.24) is 10.4 Å². The van der Waals surface area contributed by atoms with Gasteiger partial charge in [0.2, 0.25) is 5.91 Å². The second-order valence-corrected chi connectivity index (χ2v) is 13.1. The Balaban J connectivity index is 1.12. The average molecular weight is 603 g/mol. The Morgan fingerprint density at radius 3 is 2.43 bits per heavy atom. The van der Waals surface area contributed by atoms with Gasteiger partial charge in [0, 0.05) is 24.8 Å². The number of fused-ring (bicyclic) bond motifs is 4. The number of aromatic hydroxyl groups is 1. The van der Waals surface area contributed by atoms with Crippen molar-refractivity contribution in [2.45, 2.75) is 81.3 Å². The number of phenolic OH excluding ortho intramolecular Hbond substituents is 1. The third-order valence-electron chi connectivity index (χ3n) is 10.3. The van der Waals surface area contributed by atoms with Crippen molar-refractivity contribution in [3.63, 3.8) is 0 Å². The number of aliphatic hydroxyl groups is 1. The number of hydrogen-bond donors (Lipinski definition) is 3. The highest BCUT2D eigenvalue weighted by Gasteiger charge is 2.78. The smallest absolute Gasteiger partial charge is 0.327 e. The Morgan fingerprint density at radius 1 is 1.00 bits per heavy atom. The minimum Gasteiger partial charge on any atom is -0.508 e. The molecule has 2 aromatic rings. The van der Waals surface area contributed by atoms with E-state index in [1.807, 2.05) is 48.6 Å². The lowest BCUT2D eigenvalue weighted by atomic mass is 9.62. The quantitative estimate of drug-likeness (QED) is 0.352. The lowest BCUT2D eigenvalue weighted by molar-refractivity contribution is -0.235. The number of phenols is 1. The summed E-state index contributed by atoms with van der Waals surface area (Å²) in [5, 5.41) is 24.1. The molecule has 0 spiro atoms. The van der Waals surface area contributed by atoms with Gasteiger partial charge in [0.1, 0.15) is 35.6 Å². The van der Waals surface area contributed by atoms with Crippen molar-refractivity contribution in [3.8, 4) is 5.75 Å². The first kappa shape index (κ1) is 28.2. The molecule has 0 radical (unpaired) electrons. The summed E-state index contributed by atoms with van der Waals surface area (Å²) in [6, 6.07) is 14.1. The summed E-state index contributed by atoms with van der Waals surface area (Å²) >= 11 is 0. The zero-order chi connectivity index (χ0) is 30.1. The first-order valence-electron chi connectivity index (χ1n) is 15.8. The molecule has 8 rings (SSSR count). The van der Waals surface area contributed by atoms with E-state index in [4.69, 9.17) is 19.0 Å². The number of para-hydroxylation sites is 1. The van der Waals surface area contributed by atoms with Crippen molar-refractivity contribution < 1.29 is 38.9 Å². The summed E-state index contributed by atoms with van der Waals surface area (Å²) in [4.78, 5) is 34.5. The number of rotatable bonds is 10. The molecular weight excluding hydrogens is 564 g/mol. The van der Waals surface area contributed by atoms with Gasteiger partial charge in [-0.3, -0.25) is 14.4 Å². The molecular formula is C34H38N2O8. The summed E-state index contributed by atoms with van der Waals surface area (Å²) < 4.78 is 19.7. The highest BCUT2D eigenvalue weighted by Crippen LogP contribution is 2.63. The fourth-order valence-electron chi connectivity index (χ4n) is 8.01. The molecule has 10 heteroatoms. The number of nitrogens with one attached hydrogen (secondary N) is 1. The monoisotopic (exact) mass is 602 g/mol. The van der Waals surface area contributed by atoms with Crippen molar-refractivity contribution in [2.75, 3.05) is 13.2 Å². The normalized spacial score (nSPS) is 33.8. The highest BCUT2D eigenvalue weighted by atomic mass is 16.8. The number of aliphatic hydroxyl groups excluding tert-OH is 1. The van der Waals surface area contributed by atoms with Gasteiger partial charge in [-0.15, -0.1) is 0 Å². The van der Waals surface area contributed by atoms with Crippen LogP contribution in [0.15, 0.2) is 54.6 Å². The van der Waals surface area contributed by atoms with E-state index in [0.717, 1.165) is 42.4 Å². The van der Waals surface area contributed by atoms with Gasteiger partial charge in [-0.1, -0.05) is 54.6 Å².